The minimum Gasteiger partial charge on any atom is -0.496 e. The summed E-state index contributed by atoms with van der Waals surface area (Å²) in [6, 6.07) is 13.9. The van der Waals surface area contributed by atoms with Crippen molar-refractivity contribution in [2.45, 2.75) is 83.8 Å². The molecule has 2 aromatic rings. The molecule has 7 rings (SSSR count). The second kappa shape index (κ2) is 9.53. The lowest BCUT2D eigenvalue weighted by molar-refractivity contribution is -0.199. The Morgan fingerprint density at radius 2 is 1.79 bits per heavy atom. The monoisotopic (exact) mass is 534 g/mol. The molecule has 0 aromatic heterocycles. The van der Waals surface area contributed by atoms with Crippen LogP contribution in [0.5, 0.6) is 11.5 Å². The smallest absolute Gasteiger partial charge is 0.458 e. The first-order chi connectivity index (χ1) is 18.5. The minimum atomic E-state index is -1.10. The van der Waals surface area contributed by atoms with Crippen molar-refractivity contribution in [1.29, 1.82) is 0 Å². The fourth-order valence-electron chi connectivity index (χ4n) is 7.38. The van der Waals surface area contributed by atoms with Gasteiger partial charge in [0.1, 0.15) is 17.1 Å². The minimum absolute atomic E-state index is 0.0973. The lowest BCUT2D eigenvalue weighted by Gasteiger charge is -2.64. The van der Waals surface area contributed by atoms with E-state index in [4.69, 9.17) is 28.3 Å². The molecule has 2 heterocycles. The molecule has 2 bridgehead atoms. The van der Waals surface area contributed by atoms with Crippen molar-refractivity contribution in [3.63, 3.8) is 0 Å². The van der Waals surface area contributed by atoms with Crippen LogP contribution in [0.15, 0.2) is 42.5 Å². The molecule has 39 heavy (non-hydrogen) atoms. The Balaban J connectivity index is 1.30. The number of carbonyl (C=O) groups excluding carboxylic acids is 1. The predicted octanol–water partition coefficient (Wildman–Crippen LogP) is 6.01. The zero-order valence-electron chi connectivity index (χ0n) is 23.8. The number of cyclic esters (lactones) is 1. The maximum absolute atomic E-state index is 13.1. The van der Waals surface area contributed by atoms with E-state index in [0.717, 1.165) is 17.5 Å². The van der Waals surface area contributed by atoms with Gasteiger partial charge in [-0.2, -0.15) is 0 Å². The lowest BCUT2D eigenvalue weighted by atomic mass is 9.43. The van der Waals surface area contributed by atoms with E-state index in [1.165, 1.54) is 13.5 Å². The Morgan fingerprint density at radius 1 is 1.03 bits per heavy atom. The van der Waals surface area contributed by atoms with Crippen molar-refractivity contribution >= 4 is 13.1 Å². The Labute approximate surface area is 231 Å². The van der Waals surface area contributed by atoms with E-state index >= 15 is 0 Å². The van der Waals surface area contributed by atoms with Gasteiger partial charge >= 0.3 is 13.1 Å². The van der Waals surface area contributed by atoms with Crippen molar-refractivity contribution in [3.05, 3.63) is 59.2 Å². The Hall–Kier alpha value is -2.55. The van der Waals surface area contributed by atoms with Crippen LogP contribution in [-0.4, -0.2) is 44.3 Å². The zero-order chi connectivity index (χ0) is 27.6. The average Bonchev–Trinajstić information content (AvgIpc) is 3.23. The fraction of sp³-hybridized carbons (Fsp3) is 0.581. The van der Waals surface area contributed by atoms with Crippen LogP contribution in [0, 0.1) is 17.3 Å². The quantitative estimate of drug-likeness (QED) is 0.304. The molecule has 4 unspecified atom stereocenters. The van der Waals surface area contributed by atoms with Crippen molar-refractivity contribution < 1.29 is 33.1 Å². The van der Waals surface area contributed by atoms with Gasteiger partial charge < -0.3 is 28.3 Å². The van der Waals surface area contributed by atoms with E-state index in [2.05, 4.69) is 32.9 Å². The number of esters is 1. The van der Waals surface area contributed by atoms with Crippen molar-refractivity contribution in [2.75, 3.05) is 13.7 Å². The topological polar surface area (TPSA) is 72.5 Å². The van der Waals surface area contributed by atoms with E-state index in [1.807, 2.05) is 24.3 Å². The number of fused-ring (bicyclic) bond motifs is 1. The molecular formula is C31H39BO7. The average molecular weight is 534 g/mol. The van der Waals surface area contributed by atoms with Crippen molar-refractivity contribution in [3.8, 4) is 11.5 Å². The SMILES string of the molecule is COc1ccc(C(COCc2ccccc2)CB2OC3CC4CC(C4(C)C)[C@]3(C)O2)c2c1C(=O)OC(C)(C)O2. The van der Waals surface area contributed by atoms with Gasteiger partial charge in [-0.1, -0.05) is 50.2 Å². The highest BCUT2D eigenvalue weighted by Gasteiger charge is 2.67. The van der Waals surface area contributed by atoms with Gasteiger partial charge in [-0.15, -0.1) is 0 Å². The van der Waals surface area contributed by atoms with Gasteiger partial charge in [0.05, 0.1) is 32.0 Å². The van der Waals surface area contributed by atoms with E-state index in [1.54, 1.807) is 19.9 Å². The van der Waals surface area contributed by atoms with Gasteiger partial charge in [0.2, 0.25) is 5.79 Å². The fourth-order valence-corrected chi connectivity index (χ4v) is 7.38. The summed E-state index contributed by atoms with van der Waals surface area (Å²) in [7, 11) is 1.17. The number of hydrogen-bond donors (Lipinski definition) is 0. The van der Waals surface area contributed by atoms with E-state index in [9.17, 15) is 4.79 Å². The van der Waals surface area contributed by atoms with Crippen LogP contribution >= 0.6 is 0 Å². The number of ether oxygens (including phenoxy) is 4. The highest BCUT2D eigenvalue weighted by Crippen LogP contribution is 2.66. The number of hydrogen-bond acceptors (Lipinski definition) is 7. The molecule has 3 aliphatic carbocycles. The van der Waals surface area contributed by atoms with E-state index in [-0.39, 0.29) is 30.2 Å². The maximum atomic E-state index is 13.1. The van der Waals surface area contributed by atoms with Crippen LogP contribution < -0.4 is 9.47 Å². The molecule has 1 saturated heterocycles. The summed E-state index contributed by atoms with van der Waals surface area (Å²) in [5.41, 5.74) is 2.25. The number of benzene rings is 2. The molecule has 3 saturated carbocycles. The standard InChI is InChI=1S/C31H39BO7/c1-29(2)21-14-24(29)31(5)25(15-21)38-32(39-31)16-20(18-35-17-19-10-8-7-9-11-19)22-12-13-23(34-6)26-27(22)36-30(3,4)37-28(26)33/h7-13,20-21,24-25H,14-18H2,1-6H3/t20?,21?,24?,25?,31-/m0/s1. The zero-order valence-corrected chi connectivity index (χ0v) is 23.8. The van der Waals surface area contributed by atoms with Crippen LogP contribution in [0.1, 0.15) is 74.9 Å². The first-order valence-electron chi connectivity index (χ1n) is 14.1. The van der Waals surface area contributed by atoms with Crippen LogP contribution in [0.25, 0.3) is 0 Å². The second-order valence-corrected chi connectivity index (χ2v) is 12.8. The van der Waals surface area contributed by atoms with Crippen molar-refractivity contribution in [1.82, 2.24) is 0 Å². The summed E-state index contributed by atoms with van der Waals surface area (Å²) >= 11 is 0. The van der Waals surface area contributed by atoms with Crippen LogP contribution in [-0.2, 0) is 25.4 Å². The number of carbonyl (C=O) groups is 1. The van der Waals surface area contributed by atoms with Crippen LogP contribution in [0.3, 0.4) is 0 Å². The third-order valence-corrected chi connectivity index (χ3v) is 9.61. The molecule has 0 N–H and O–H groups in total. The summed E-state index contributed by atoms with van der Waals surface area (Å²) in [5.74, 6) is 0.365. The largest absolute Gasteiger partial charge is 0.496 e. The molecule has 5 atom stereocenters. The molecular weight excluding hydrogens is 495 g/mol. The molecule has 0 spiro atoms. The molecule has 8 heteroatoms. The molecule has 7 nitrogen and oxygen atoms in total. The molecule has 2 aromatic carbocycles. The van der Waals surface area contributed by atoms with Gasteiger partial charge in [-0.05, 0) is 55.0 Å². The first kappa shape index (κ1) is 26.7. The maximum Gasteiger partial charge on any atom is 0.458 e. The van der Waals surface area contributed by atoms with Gasteiger partial charge in [-0.25, -0.2) is 4.79 Å². The molecule has 208 valence electrons. The summed E-state index contributed by atoms with van der Waals surface area (Å²) in [6.45, 7) is 11.3. The Kier molecular flexibility index (Phi) is 6.52. The molecule has 5 aliphatic rings. The van der Waals surface area contributed by atoms with Gasteiger partial charge in [-0.3, -0.25) is 0 Å². The van der Waals surface area contributed by atoms with Crippen LogP contribution in [0.4, 0.5) is 0 Å². The van der Waals surface area contributed by atoms with E-state index < -0.39 is 11.8 Å². The third kappa shape index (κ3) is 4.54. The lowest BCUT2D eigenvalue weighted by Crippen LogP contribution is -2.65. The second-order valence-electron chi connectivity index (χ2n) is 12.8. The van der Waals surface area contributed by atoms with Gasteiger partial charge in [0, 0.05) is 25.3 Å². The highest BCUT2D eigenvalue weighted by atomic mass is 16.7. The normalized spacial score (nSPS) is 30.4. The van der Waals surface area contributed by atoms with E-state index in [0.29, 0.717) is 48.4 Å². The number of rotatable bonds is 8. The molecule has 0 radical (unpaired) electrons. The Morgan fingerprint density at radius 3 is 2.51 bits per heavy atom. The van der Waals surface area contributed by atoms with Gasteiger partial charge in [0.15, 0.2) is 0 Å². The highest BCUT2D eigenvalue weighted by molar-refractivity contribution is 6.45. The summed E-state index contributed by atoms with van der Waals surface area (Å²) in [6.07, 6.45) is 2.92. The third-order valence-electron chi connectivity index (χ3n) is 9.61. The molecule has 0 amide bonds. The van der Waals surface area contributed by atoms with Crippen molar-refractivity contribution in [2.24, 2.45) is 17.3 Å². The van der Waals surface area contributed by atoms with Gasteiger partial charge in [0.25, 0.3) is 0 Å². The number of methoxy groups -OCH3 is 1. The summed E-state index contributed by atoms with van der Waals surface area (Å²) in [5, 5.41) is 0. The predicted molar refractivity (Wildman–Crippen MR) is 147 cm³/mol. The Bertz CT molecular complexity index is 1240. The summed E-state index contributed by atoms with van der Waals surface area (Å²) in [4.78, 5) is 13.1. The molecule has 4 fully saturated rings. The summed E-state index contributed by atoms with van der Waals surface area (Å²) < 4.78 is 37.0. The van der Waals surface area contributed by atoms with Crippen LogP contribution in [0.2, 0.25) is 6.32 Å². The first-order valence-corrected chi connectivity index (χ1v) is 14.1. The molecule has 2 aliphatic heterocycles.